The summed E-state index contributed by atoms with van der Waals surface area (Å²) in [6, 6.07) is 87.4. The Kier molecular flexibility index (Phi) is 9.80. The van der Waals surface area contributed by atoms with Gasteiger partial charge in [0.1, 0.15) is 0 Å². The van der Waals surface area contributed by atoms with Crippen LogP contribution in [0.25, 0.3) is 94.3 Å². The lowest BCUT2D eigenvalue weighted by atomic mass is 9.89. The van der Waals surface area contributed by atoms with Crippen LogP contribution in [0.15, 0.2) is 243 Å². The first-order valence-electron chi connectivity index (χ1n) is 21.7. The third-order valence-electron chi connectivity index (χ3n) is 12.4. The number of nitrogen functional groups attached to an aromatic ring is 1. The van der Waals surface area contributed by atoms with Crippen LogP contribution in [0.1, 0.15) is 11.1 Å². The highest BCUT2D eigenvalue weighted by molar-refractivity contribution is 6.11. The number of aromatic nitrogens is 1. The van der Waals surface area contributed by atoms with Crippen molar-refractivity contribution in [2.45, 2.75) is 6.42 Å². The van der Waals surface area contributed by atoms with Crippen molar-refractivity contribution >= 4 is 27.5 Å². The molecular weight excluding hydrogens is 761 g/mol. The van der Waals surface area contributed by atoms with Crippen LogP contribution in [0.2, 0.25) is 0 Å². The van der Waals surface area contributed by atoms with Gasteiger partial charge in [0, 0.05) is 33.3 Å². The van der Waals surface area contributed by atoms with Gasteiger partial charge in [0.25, 0.3) is 0 Å². The summed E-state index contributed by atoms with van der Waals surface area (Å²) in [4.78, 5) is 0. The zero-order chi connectivity index (χ0) is 42.1. The van der Waals surface area contributed by atoms with Gasteiger partial charge in [-0.05, 0) is 116 Å². The summed E-state index contributed by atoms with van der Waals surface area (Å²) in [7, 11) is 0. The maximum Gasteiger partial charge on any atom is 0.0541 e. The Labute approximate surface area is 368 Å². The molecule has 0 aliphatic heterocycles. The predicted molar refractivity (Wildman–Crippen MR) is 267 cm³/mol. The average Bonchev–Trinajstić information content (AvgIpc) is 3.69. The van der Waals surface area contributed by atoms with E-state index in [1.165, 1.54) is 66.4 Å². The molecule has 0 saturated heterocycles. The molecule has 2 nitrogen and oxygen atoms in total. The monoisotopic (exact) mass is 804 g/mol. The van der Waals surface area contributed by atoms with E-state index in [9.17, 15) is 0 Å². The summed E-state index contributed by atoms with van der Waals surface area (Å²) in [5, 5.41) is 2.39. The van der Waals surface area contributed by atoms with Gasteiger partial charge in [-0.2, -0.15) is 0 Å². The smallest absolute Gasteiger partial charge is 0.0541 e. The Balaban J connectivity index is 1.00. The molecule has 0 saturated carbocycles. The molecule has 11 rings (SSSR count). The number of hydrogen-bond acceptors (Lipinski definition) is 1. The number of fused-ring (bicyclic) bond motifs is 3. The molecule has 63 heavy (non-hydrogen) atoms. The molecule has 2 N–H and O–H groups in total. The van der Waals surface area contributed by atoms with Crippen molar-refractivity contribution in [3.8, 4) is 72.4 Å². The number of nitrogens with zero attached hydrogens (tertiary/aromatic N) is 1. The molecule has 0 radical (unpaired) electrons. The van der Waals surface area contributed by atoms with Crippen molar-refractivity contribution in [1.82, 2.24) is 4.57 Å². The summed E-state index contributed by atoms with van der Waals surface area (Å²) < 4.78 is 2.42. The fraction of sp³-hybridized carbons (Fsp3) is 0.0164. The Morgan fingerprint density at radius 1 is 0.302 bits per heavy atom. The molecule has 1 aromatic heterocycles. The Bertz CT molecular complexity index is 3290. The Hall–Kier alpha value is -8.20. The summed E-state index contributed by atoms with van der Waals surface area (Å²) in [6.45, 7) is 0. The molecule has 298 valence electrons. The van der Waals surface area contributed by atoms with E-state index < -0.39 is 0 Å². The number of nitrogens with two attached hydrogens (primary N) is 1. The molecule has 0 bridgehead atoms. The van der Waals surface area contributed by atoms with Crippen molar-refractivity contribution in [3.63, 3.8) is 0 Å². The van der Waals surface area contributed by atoms with Crippen molar-refractivity contribution in [3.05, 3.63) is 254 Å². The second kappa shape index (κ2) is 16.3. The van der Waals surface area contributed by atoms with Gasteiger partial charge >= 0.3 is 0 Å². The van der Waals surface area contributed by atoms with Crippen molar-refractivity contribution < 1.29 is 0 Å². The molecule has 0 amide bonds. The zero-order valence-electron chi connectivity index (χ0n) is 34.8. The second-order valence-corrected chi connectivity index (χ2v) is 16.3. The van der Waals surface area contributed by atoms with Gasteiger partial charge < -0.3 is 10.3 Å². The maximum absolute atomic E-state index is 7.30. The van der Waals surface area contributed by atoms with Crippen LogP contribution in [-0.2, 0) is 6.42 Å². The van der Waals surface area contributed by atoms with Crippen molar-refractivity contribution in [2.24, 2.45) is 0 Å². The fourth-order valence-corrected chi connectivity index (χ4v) is 9.35. The number of rotatable bonds is 9. The quantitative estimate of drug-likeness (QED) is 0.145. The van der Waals surface area contributed by atoms with Crippen LogP contribution in [-0.4, -0.2) is 4.57 Å². The van der Waals surface area contributed by atoms with E-state index in [-0.39, 0.29) is 0 Å². The van der Waals surface area contributed by atoms with Crippen LogP contribution in [0, 0.1) is 0 Å². The standard InChI is InChI=1S/C61H44N2/c62-61-55(29-17-30-57(61)54-27-14-13-26-47(54)34-42-35-49(43-18-5-1-6-19-43)37-50(36-42)44-20-7-2-8-21-44)48-32-33-60-58(41-48)56-28-15-16-31-59(56)63(60)53-39-51(45-22-9-3-10-23-45)38-52(40-53)46-24-11-4-12-25-46/h1-33,35-41H,34,62H2. The molecule has 2 heteroatoms. The minimum Gasteiger partial charge on any atom is -0.398 e. The predicted octanol–water partition coefficient (Wildman–Crippen LogP) is 16.0. The number of hydrogen-bond donors (Lipinski definition) is 1. The highest BCUT2D eigenvalue weighted by Crippen LogP contribution is 2.41. The topological polar surface area (TPSA) is 30.9 Å². The normalized spacial score (nSPS) is 11.3. The number of anilines is 1. The molecule has 11 aromatic rings. The minimum atomic E-state index is 0.767. The van der Waals surface area contributed by atoms with E-state index in [1.54, 1.807) is 0 Å². The van der Waals surface area contributed by atoms with E-state index in [0.717, 1.165) is 51.1 Å². The molecule has 0 fully saturated rings. The first-order valence-corrected chi connectivity index (χ1v) is 21.7. The minimum absolute atomic E-state index is 0.767. The van der Waals surface area contributed by atoms with E-state index in [0.29, 0.717) is 0 Å². The van der Waals surface area contributed by atoms with Gasteiger partial charge in [-0.15, -0.1) is 0 Å². The molecular formula is C61H44N2. The Morgan fingerprint density at radius 3 is 1.35 bits per heavy atom. The van der Waals surface area contributed by atoms with E-state index in [2.05, 4.69) is 247 Å². The third kappa shape index (κ3) is 7.28. The van der Waals surface area contributed by atoms with Crippen LogP contribution < -0.4 is 5.73 Å². The maximum atomic E-state index is 7.30. The molecule has 0 aliphatic rings. The lowest BCUT2D eigenvalue weighted by Crippen LogP contribution is -1.98. The van der Waals surface area contributed by atoms with E-state index in [4.69, 9.17) is 5.73 Å². The largest absolute Gasteiger partial charge is 0.398 e. The zero-order valence-corrected chi connectivity index (χ0v) is 34.8. The van der Waals surface area contributed by atoms with Gasteiger partial charge in [-0.3, -0.25) is 0 Å². The van der Waals surface area contributed by atoms with Crippen LogP contribution >= 0.6 is 0 Å². The van der Waals surface area contributed by atoms with Gasteiger partial charge in [0.05, 0.1) is 11.0 Å². The van der Waals surface area contributed by atoms with E-state index in [1.807, 2.05) is 0 Å². The SMILES string of the molecule is Nc1c(-c2ccc3c(c2)c2ccccc2n3-c2cc(-c3ccccc3)cc(-c3ccccc3)c2)cccc1-c1ccccc1Cc1cc(-c2ccccc2)cc(-c2ccccc2)c1. The average molecular weight is 805 g/mol. The summed E-state index contributed by atoms with van der Waals surface area (Å²) in [5.41, 5.74) is 27.9. The molecule has 0 spiro atoms. The van der Waals surface area contributed by atoms with Crippen LogP contribution in [0.5, 0.6) is 0 Å². The molecule has 0 aliphatic carbocycles. The Morgan fingerprint density at radius 2 is 0.762 bits per heavy atom. The molecule has 1 heterocycles. The van der Waals surface area contributed by atoms with Gasteiger partial charge in [-0.25, -0.2) is 0 Å². The second-order valence-electron chi connectivity index (χ2n) is 16.3. The van der Waals surface area contributed by atoms with Crippen molar-refractivity contribution in [2.75, 3.05) is 5.73 Å². The summed E-state index contributed by atoms with van der Waals surface area (Å²) in [6.07, 6.45) is 0.767. The lowest BCUT2D eigenvalue weighted by molar-refractivity contribution is 1.18. The van der Waals surface area contributed by atoms with Crippen LogP contribution in [0.3, 0.4) is 0 Å². The molecule has 10 aromatic carbocycles. The van der Waals surface area contributed by atoms with Gasteiger partial charge in [0.2, 0.25) is 0 Å². The van der Waals surface area contributed by atoms with E-state index >= 15 is 0 Å². The van der Waals surface area contributed by atoms with Crippen molar-refractivity contribution in [1.29, 1.82) is 0 Å². The lowest BCUT2D eigenvalue weighted by Gasteiger charge is -2.17. The molecule has 0 atom stereocenters. The highest BCUT2D eigenvalue weighted by atomic mass is 15.0. The van der Waals surface area contributed by atoms with Gasteiger partial charge in [-0.1, -0.05) is 200 Å². The summed E-state index contributed by atoms with van der Waals surface area (Å²) in [5.74, 6) is 0. The van der Waals surface area contributed by atoms with Gasteiger partial charge in [0.15, 0.2) is 0 Å². The summed E-state index contributed by atoms with van der Waals surface area (Å²) >= 11 is 0. The first-order chi connectivity index (χ1) is 31.1. The third-order valence-corrected chi connectivity index (χ3v) is 12.4. The fourth-order valence-electron chi connectivity index (χ4n) is 9.35. The number of para-hydroxylation sites is 2. The number of benzene rings is 10. The highest BCUT2D eigenvalue weighted by Gasteiger charge is 2.18. The first kappa shape index (κ1) is 37.8. The molecule has 0 unspecified atom stereocenters. The van der Waals surface area contributed by atoms with Crippen LogP contribution in [0.4, 0.5) is 5.69 Å².